The number of amides is 1. The van der Waals surface area contributed by atoms with E-state index in [4.69, 9.17) is 10.00 Å². The number of fused-ring (bicyclic) bond motifs is 1. The predicted molar refractivity (Wildman–Crippen MR) is 129 cm³/mol. The molecule has 0 atom stereocenters. The van der Waals surface area contributed by atoms with Gasteiger partial charge in [0.2, 0.25) is 0 Å². The maximum absolute atomic E-state index is 12.3. The molecule has 2 N–H and O–H groups in total. The normalized spacial score (nSPS) is 10.9. The van der Waals surface area contributed by atoms with Crippen molar-refractivity contribution in [1.82, 2.24) is 9.99 Å². The van der Waals surface area contributed by atoms with E-state index in [1.54, 1.807) is 6.21 Å². The van der Waals surface area contributed by atoms with Gasteiger partial charge in [-0.3, -0.25) is 4.79 Å². The van der Waals surface area contributed by atoms with Gasteiger partial charge in [-0.15, -0.1) is 0 Å². The molecular weight excluding hydrogens is 484 g/mol. The van der Waals surface area contributed by atoms with E-state index in [0.29, 0.717) is 13.2 Å². The molecule has 0 aliphatic heterocycles. The summed E-state index contributed by atoms with van der Waals surface area (Å²) in [5.41, 5.74) is 4.60. The van der Waals surface area contributed by atoms with E-state index in [2.05, 4.69) is 31.0 Å². The number of aromatic nitrogens is 1. The van der Waals surface area contributed by atoms with E-state index in [9.17, 15) is 9.90 Å². The number of rotatable bonds is 7. The lowest BCUT2D eigenvalue weighted by molar-refractivity contribution is 0.0955. The Balaban J connectivity index is 1.42. The average Bonchev–Trinajstić information content (AvgIpc) is 3.24. The lowest BCUT2D eigenvalue weighted by atomic mass is 10.1. The van der Waals surface area contributed by atoms with Gasteiger partial charge in [-0.2, -0.15) is 10.4 Å². The monoisotopic (exact) mass is 502 g/mol. The molecule has 3 aromatic carbocycles. The van der Waals surface area contributed by atoms with E-state index in [1.165, 1.54) is 18.2 Å². The van der Waals surface area contributed by atoms with Gasteiger partial charge >= 0.3 is 0 Å². The standard InChI is InChI=1S/C25H19BrN4O3/c26-20-5-7-21(8-6-20)33-13-12-30-11-10-22-18(2-1-3-23(22)30)16-28-29-25(32)17-4-9-24(31)19(14-17)15-27/h1-11,14,16,31H,12-13H2,(H,29,32)/b28-16+. The van der Waals surface area contributed by atoms with Gasteiger partial charge in [-0.1, -0.05) is 28.1 Å². The Morgan fingerprint density at radius 1 is 1.18 bits per heavy atom. The quantitative estimate of drug-likeness (QED) is 0.279. The second-order valence-electron chi connectivity index (χ2n) is 7.13. The molecule has 164 valence electrons. The summed E-state index contributed by atoms with van der Waals surface area (Å²) in [5, 5.41) is 23.6. The number of halogens is 1. The van der Waals surface area contributed by atoms with Crippen molar-refractivity contribution in [2.75, 3.05) is 6.61 Å². The fourth-order valence-electron chi connectivity index (χ4n) is 3.34. The molecule has 0 unspecified atom stereocenters. The van der Waals surface area contributed by atoms with Crippen LogP contribution in [0, 0.1) is 11.3 Å². The van der Waals surface area contributed by atoms with Crippen LogP contribution in [0.3, 0.4) is 0 Å². The topological polar surface area (TPSA) is 99.6 Å². The first-order valence-electron chi connectivity index (χ1n) is 10.1. The first kappa shape index (κ1) is 22.1. The lowest BCUT2D eigenvalue weighted by Gasteiger charge is -2.09. The summed E-state index contributed by atoms with van der Waals surface area (Å²) in [6.45, 7) is 1.20. The number of hydrazone groups is 1. The van der Waals surface area contributed by atoms with Crippen LogP contribution in [0.5, 0.6) is 11.5 Å². The fraction of sp³-hybridized carbons (Fsp3) is 0.0800. The number of nitrogens with one attached hydrogen (secondary N) is 1. The molecule has 4 rings (SSSR count). The first-order valence-corrected chi connectivity index (χ1v) is 10.9. The number of phenolic OH excluding ortho intramolecular Hbond substituents is 1. The Morgan fingerprint density at radius 2 is 2.00 bits per heavy atom. The van der Waals surface area contributed by atoms with Crippen LogP contribution in [0.4, 0.5) is 0 Å². The minimum atomic E-state index is -0.474. The van der Waals surface area contributed by atoms with Crippen molar-refractivity contribution in [3.8, 4) is 17.6 Å². The molecule has 1 heterocycles. The SMILES string of the molecule is N#Cc1cc(C(=O)N/N=C/c2cccc3c2ccn3CCOc2ccc(Br)cc2)ccc1O. The molecule has 8 heteroatoms. The number of carbonyl (C=O) groups is 1. The number of ether oxygens (including phenoxy) is 1. The van der Waals surface area contributed by atoms with Crippen molar-refractivity contribution in [2.45, 2.75) is 6.54 Å². The van der Waals surface area contributed by atoms with E-state index in [1.807, 2.05) is 60.8 Å². The number of nitrogens with zero attached hydrogens (tertiary/aromatic N) is 3. The molecule has 0 aliphatic carbocycles. The summed E-state index contributed by atoms with van der Waals surface area (Å²) < 4.78 is 8.93. The number of nitriles is 1. The van der Waals surface area contributed by atoms with Crippen LogP contribution < -0.4 is 10.2 Å². The van der Waals surface area contributed by atoms with Gasteiger partial charge in [-0.25, -0.2) is 5.43 Å². The molecule has 0 bridgehead atoms. The van der Waals surface area contributed by atoms with Crippen LogP contribution in [-0.2, 0) is 6.54 Å². The average molecular weight is 503 g/mol. The highest BCUT2D eigenvalue weighted by atomic mass is 79.9. The molecule has 0 saturated heterocycles. The third kappa shape index (κ3) is 5.22. The van der Waals surface area contributed by atoms with Gasteiger partial charge in [0.15, 0.2) is 0 Å². The summed E-state index contributed by atoms with van der Waals surface area (Å²) in [7, 11) is 0. The van der Waals surface area contributed by atoms with Crippen molar-refractivity contribution < 1.29 is 14.6 Å². The minimum Gasteiger partial charge on any atom is -0.507 e. The first-order chi connectivity index (χ1) is 16.0. The molecule has 0 radical (unpaired) electrons. The van der Waals surface area contributed by atoms with Crippen LogP contribution in [-0.4, -0.2) is 28.4 Å². The summed E-state index contributed by atoms with van der Waals surface area (Å²) in [6.07, 6.45) is 3.57. The van der Waals surface area contributed by atoms with Crippen LogP contribution in [0.2, 0.25) is 0 Å². The third-order valence-electron chi connectivity index (χ3n) is 5.01. The van der Waals surface area contributed by atoms with Crippen molar-refractivity contribution >= 4 is 39.0 Å². The predicted octanol–water partition coefficient (Wildman–Crippen LogP) is 4.82. The molecule has 33 heavy (non-hydrogen) atoms. The number of phenols is 1. The Kier molecular flexibility index (Phi) is 6.72. The number of hydrogen-bond donors (Lipinski definition) is 2. The van der Waals surface area contributed by atoms with E-state index in [0.717, 1.165) is 26.7 Å². The van der Waals surface area contributed by atoms with Crippen molar-refractivity contribution in [3.05, 3.63) is 94.1 Å². The molecule has 0 aliphatic rings. The molecule has 7 nitrogen and oxygen atoms in total. The summed E-state index contributed by atoms with van der Waals surface area (Å²) in [6, 6.07) is 21.5. The highest BCUT2D eigenvalue weighted by Gasteiger charge is 2.09. The zero-order valence-electron chi connectivity index (χ0n) is 17.4. The zero-order chi connectivity index (χ0) is 23.2. The Morgan fingerprint density at radius 3 is 2.79 bits per heavy atom. The summed E-state index contributed by atoms with van der Waals surface area (Å²) in [5.74, 6) is 0.169. The van der Waals surface area contributed by atoms with Gasteiger partial charge in [-0.05, 0) is 54.6 Å². The molecule has 0 spiro atoms. The highest BCUT2D eigenvalue weighted by Crippen LogP contribution is 2.20. The lowest BCUT2D eigenvalue weighted by Crippen LogP contribution is -2.17. The number of benzene rings is 3. The largest absolute Gasteiger partial charge is 0.507 e. The molecule has 4 aromatic rings. The van der Waals surface area contributed by atoms with Gasteiger partial charge in [0, 0.05) is 32.7 Å². The Hall–Kier alpha value is -4.09. The van der Waals surface area contributed by atoms with E-state index in [-0.39, 0.29) is 16.9 Å². The van der Waals surface area contributed by atoms with Crippen LogP contribution >= 0.6 is 15.9 Å². The van der Waals surface area contributed by atoms with Gasteiger partial charge in [0.05, 0.1) is 18.3 Å². The van der Waals surface area contributed by atoms with E-state index >= 15 is 0 Å². The van der Waals surface area contributed by atoms with Gasteiger partial charge < -0.3 is 14.4 Å². The number of hydrogen-bond acceptors (Lipinski definition) is 5. The zero-order valence-corrected chi connectivity index (χ0v) is 19.0. The second-order valence-corrected chi connectivity index (χ2v) is 8.05. The van der Waals surface area contributed by atoms with Crippen LogP contribution in [0.25, 0.3) is 10.9 Å². The van der Waals surface area contributed by atoms with Gasteiger partial charge in [0.25, 0.3) is 5.91 Å². The molecule has 0 fully saturated rings. The highest BCUT2D eigenvalue weighted by molar-refractivity contribution is 9.10. The Bertz CT molecular complexity index is 1370. The number of carbonyl (C=O) groups excluding carboxylic acids is 1. The maximum atomic E-state index is 12.3. The van der Waals surface area contributed by atoms with Crippen LogP contribution in [0.15, 0.2) is 82.5 Å². The summed E-state index contributed by atoms with van der Waals surface area (Å²) >= 11 is 3.41. The smallest absolute Gasteiger partial charge is 0.271 e. The molecule has 1 amide bonds. The van der Waals surface area contributed by atoms with Gasteiger partial charge in [0.1, 0.15) is 24.2 Å². The third-order valence-corrected chi connectivity index (χ3v) is 5.54. The molecule has 1 aromatic heterocycles. The maximum Gasteiger partial charge on any atom is 0.271 e. The van der Waals surface area contributed by atoms with Crippen molar-refractivity contribution in [3.63, 3.8) is 0 Å². The van der Waals surface area contributed by atoms with Crippen molar-refractivity contribution in [2.24, 2.45) is 5.10 Å². The van der Waals surface area contributed by atoms with Crippen LogP contribution in [0.1, 0.15) is 21.5 Å². The number of aromatic hydroxyl groups is 1. The minimum absolute atomic E-state index is 0.0295. The van der Waals surface area contributed by atoms with E-state index < -0.39 is 5.91 Å². The fourth-order valence-corrected chi connectivity index (χ4v) is 3.60. The summed E-state index contributed by atoms with van der Waals surface area (Å²) in [4.78, 5) is 12.3. The second kappa shape index (κ2) is 10.0. The van der Waals surface area contributed by atoms with Crippen molar-refractivity contribution in [1.29, 1.82) is 5.26 Å². The molecular formula is C25H19BrN4O3. The Labute approximate surface area is 198 Å². The molecule has 0 saturated carbocycles.